The Labute approximate surface area is 110 Å². The average Bonchev–Trinajstić information content (AvgIpc) is 3.02. The number of piperidine rings is 1. The van der Waals surface area contributed by atoms with Gasteiger partial charge in [0, 0.05) is 24.7 Å². The number of fused-ring (bicyclic) bond motifs is 2. The predicted molar refractivity (Wildman–Crippen MR) is 66.4 cm³/mol. The molecule has 1 saturated heterocycles. The fourth-order valence-corrected chi connectivity index (χ4v) is 3.12. The van der Waals surface area contributed by atoms with Crippen LogP contribution in [0.2, 0.25) is 0 Å². The molecule has 2 atom stereocenters. The summed E-state index contributed by atoms with van der Waals surface area (Å²) in [4.78, 5) is 13.8. The average molecular weight is 266 g/mol. The van der Waals surface area contributed by atoms with Crippen molar-refractivity contribution in [2.75, 3.05) is 6.54 Å². The zero-order valence-electron chi connectivity index (χ0n) is 10.5. The maximum absolute atomic E-state index is 13.4. The summed E-state index contributed by atoms with van der Waals surface area (Å²) in [6, 6.07) is 3.43. The second-order valence-electron chi connectivity index (χ2n) is 5.38. The van der Waals surface area contributed by atoms with Crippen molar-refractivity contribution in [2.45, 2.75) is 31.8 Å². The largest absolute Gasteiger partial charge is 0.334 e. The van der Waals surface area contributed by atoms with Gasteiger partial charge in [-0.05, 0) is 43.4 Å². The van der Waals surface area contributed by atoms with Gasteiger partial charge in [-0.2, -0.15) is 0 Å². The van der Waals surface area contributed by atoms with Crippen molar-refractivity contribution in [3.05, 3.63) is 35.4 Å². The number of halogens is 2. The first kappa shape index (κ1) is 12.4. The molecule has 1 N–H and O–H groups in total. The molecule has 1 heterocycles. The van der Waals surface area contributed by atoms with Crippen LogP contribution in [0.5, 0.6) is 0 Å². The third-order valence-corrected chi connectivity index (χ3v) is 4.11. The lowest BCUT2D eigenvalue weighted by atomic mass is 10.1. The maximum atomic E-state index is 13.4. The summed E-state index contributed by atoms with van der Waals surface area (Å²) < 4.78 is 26.4. The topological polar surface area (TPSA) is 32.3 Å². The van der Waals surface area contributed by atoms with Crippen molar-refractivity contribution >= 4 is 6.03 Å². The number of urea groups is 1. The standard InChI is InChI=1S/C14H16F2N2O/c15-11-2-4-13(16)10(6-11)7-17-14(19)18-8-9-1-3-12(18)5-9/h2,4,6,9,12H,1,3,5,7-8H2,(H,17,19)/t9-,12-/m0/s1. The van der Waals surface area contributed by atoms with Gasteiger partial charge in [0.05, 0.1) is 0 Å². The van der Waals surface area contributed by atoms with Gasteiger partial charge in [0.25, 0.3) is 0 Å². The Hall–Kier alpha value is -1.65. The molecular formula is C14H16F2N2O. The highest BCUT2D eigenvalue weighted by Crippen LogP contribution is 2.37. The molecule has 5 heteroatoms. The fraction of sp³-hybridized carbons (Fsp3) is 0.500. The number of hydrogen-bond donors (Lipinski definition) is 1. The lowest BCUT2D eigenvalue weighted by Gasteiger charge is -2.27. The molecule has 1 aromatic rings. The van der Waals surface area contributed by atoms with E-state index in [1.54, 1.807) is 0 Å². The van der Waals surface area contributed by atoms with Crippen LogP contribution in [0.25, 0.3) is 0 Å². The molecule has 3 rings (SSSR count). The minimum atomic E-state index is -0.496. The quantitative estimate of drug-likeness (QED) is 0.877. The van der Waals surface area contributed by atoms with E-state index in [-0.39, 0.29) is 18.1 Å². The second kappa shape index (κ2) is 4.79. The van der Waals surface area contributed by atoms with Gasteiger partial charge in [0.1, 0.15) is 11.6 Å². The molecule has 2 aliphatic rings. The number of carbonyl (C=O) groups is 1. The van der Waals surface area contributed by atoms with E-state index in [1.807, 2.05) is 4.90 Å². The molecule has 19 heavy (non-hydrogen) atoms. The molecule has 2 bridgehead atoms. The molecule has 1 aromatic carbocycles. The van der Waals surface area contributed by atoms with Gasteiger partial charge in [-0.1, -0.05) is 0 Å². The Morgan fingerprint density at radius 3 is 2.89 bits per heavy atom. The first-order valence-corrected chi connectivity index (χ1v) is 6.62. The van der Waals surface area contributed by atoms with Crippen LogP contribution >= 0.6 is 0 Å². The summed E-state index contributed by atoms with van der Waals surface area (Å²) >= 11 is 0. The van der Waals surface area contributed by atoms with Gasteiger partial charge in [-0.3, -0.25) is 0 Å². The van der Waals surface area contributed by atoms with Gasteiger partial charge in [0.2, 0.25) is 0 Å². The van der Waals surface area contributed by atoms with E-state index in [2.05, 4.69) is 5.32 Å². The highest BCUT2D eigenvalue weighted by molar-refractivity contribution is 5.75. The number of nitrogens with one attached hydrogen (secondary N) is 1. The minimum absolute atomic E-state index is 0.0241. The van der Waals surface area contributed by atoms with Crippen LogP contribution in [-0.2, 0) is 6.54 Å². The van der Waals surface area contributed by atoms with Gasteiger partial charge in [0.15, 0.2) is 0 Å². The molecule has 1 aliphatic heterocycles. The van der Waals surface area contributed by atoms with Crippen LogP contribution in [0.3, 0.4) is 0 Å². The van der Waals surface area contributed by atoms with Crippen molar-refractivity contribution in [2.24, 2.45) is 5.92 Å². The Morgan fingerprint density at radius 2 is 2.21 bits per heavy atom. The summed E-state index contributed by atoms with van der Waals surface area (Å²) in [5.41, 5.74) is 0.178. The predicted octanol–water partition coefficient (Wildman–Crippen LogP) is 2.66. The molecule has 0 spiro atoms. The highest BCUT2D eigenvalue weighted by atomic mass is 19.1. The molecule has 1 aliphatic carbocycles. The Morgan fingerprint density at radius 1 is 1.37 bits per heavy atom. The molecule has 0 radical (unpaired) electrons. The minimum Gasteiger partial charge on any atom is -0.334 e. The van der Waals surface area contributed by atoms with E-state index in [4.69, 9.17) is 0 Å². The van der Waals surface area contributed by atoms with Crippen molar-refractivity contribution in [3.63, 3.8) is 0 Å². The monoisotopic (exact) mass is 266 g/mol. The van der Waals surface area contributed by atoms with Crippen molar-refractivity contribution in [1.29, 1.82) is 0 Å². The number of carbonyl (C=O) groups excluding carboxylic acids is 1. The van der Waals surface area contributed by atoms with Crippen LogP contribution in [0.1, 0.15) is 24.8 Å². The van der Waals surface area contributed by atoms with Gasteiger partial charge < -0.3 is 10.2 Å². The van der Waals surface area contributed by atoms with Gasteiger partial charge >= 0.3 is 6.03 Å². The Balaban J connectivity index is 1.60. The van der Waals surface area contributed by atoms with Crippen molar-refractivity contribution in [1.82, 2.24) is 10.2 Å². The van der Waals surface area contributed by atoms with Crippen LogP contribution in [-0.4, -0.2) is 23.5 Å². The van der Waals surface area contributed by atoms with Crippen LogP contribution in [0, 0.1) is 17.6 Å². The number of hydrogen-bond acceptors (Lipinski definition) is 1. The molecule has 3 nitrogen and oxygen atoms in total. The molecule has 2 fully saturated rings. The molecular weight excluding hydrogens is 250 g/mol. The summed E-state index contributed by atoms with van der Waals surface area (Å²) in [7, 11) is 0. The number of benzene rings is 1. The van der Waals surface area contributed by atoms with E-state index in [1.165, 1.54) is 6.42 Å². The van der Waals surface area contributed by atoms with Crippen LogP contribution in [0.15, 0.2) is 18.2 Å². The summed E-state index contributed by atoms with van der Waals surface area (Å²) in [6.07, 6.45) is 3.35. The van der Waals surface area contributed by atoms with Gasteiger partial charge in [-0.25, -0.2) is 13.6 Å². The summed E-state index contributed by atoms with van der Waals surface area (Å²) in [5.74, 6) is -0.364. The van der Waals surface area contributed by atoms with E-state index in [0.717, 1.165) is 37.6 Å². The van der Waals surface area contributed by atoms with Gasteiger partial charge in [-0.15, -0.1) is 0 Å². The Bertz CT molecular complexity index is 506. The van der Waals surface area contributed by atoms with E-state index < -0.39 is 11.6 Å². The highest BCUT2D eigenvalue weighted by Gasteiger charge is 2.40. The van der Waals surface area contributed by atoms with E-state index in [9.17, 15) is 13.6 Å². The van der Waals surface area contributed by atoms with Crippen molar-refractivity contribution in [3.8, 4) is 0 Å². The normalized spacial score (nSPS) is 24.8. The SMILES string of the molecule is O=C(NCc1cc(F)ccc1F)N1C[C@H]2CC[C@H]1C2. The van der Waals surface area contributed by atoms with E-state index in [0.29, 0.717) is 12.0 Å². The summed E-state index contributed by atoms with van der Waals surface area (Å²) in [5, 5.41) is 2.67. The third kappa shape index (κ3) is 2.41. The number of rotatable bonds is 2. The third-order valence-electron chi connectivity index (χ3n) is 4.11. The van der Waals surface area contributed by atoms with Crippen molar-refractivity contribution < 1.29 is 13.6 Å². The van der Waals surface area contributed by atoms with Crippen LogP contribution in [0.4, 0.5) is 13.6 Å². The molecule has 1 saturated carbocycles. The second-order valence-corrected chi connectivity index (χ2v) is 5.38. The maximum Gasteiger partial charge on any atom is 0.317 e. The number of amides is 2. The molecule has 0 unspecified atom stereocenters. The first-order valence-electron chi connectivity index (χ1n) is 6.62. The van der Waals surface area contributed by atoms with E-state index >= 15 is 0 Å². The fourth-order valence-electron chi connectivity index (χ4n) is 3.12. The molecule has 0 aromatic heterocycles. The zero-order chi connectivity index (χ0) is 13.4. The zero-order valence-corrected chi connectivity index (χ0v) is 10.5. The molecule has 2 amide bonds. The molecule has 102 valence electrons. The van der Waals surface area contributed by atoms with Crippen LogP contribution < -0.4 is 5.32 Å². The lowest BCUT2D eigenvalue weighted by Crippen LogP contribution is -2.44. The smallest absolute Gasteiger partial charge is 0.317 e. The lowest BCUT2D eigenvalue weighted by molar-refractivity contribution is 0.180. The number of nitrogens with zero attached hydrogens (tertiary/aromatic N) is 1. The number of likely N-dealkylation sites (tertiary alicyclic amines) is 1. The summed E-state index contributed by atoms with van der Waals surface area (Å²) in [6.45, 7) is 0.818. The Kier molecular flexibility index (Phi) is 3.12. The first-order chi connectivity index (χ1) is 9.13.